The van der Waals surface area contributed by atoms with Crippen molar-refractivity contribution in [2.45, 2.75) is 50.8 Å². The topological polar surface area (TPSA) is 76.1 Å². The quantitative estimate of drug-likeness (QED) is 0.902. The molecule has 2 aromatic heterocycles. The molecule has 2 fully saturated rings. The number of rotatable bonds is 4. The van der Waals surface area contributed by atoms with Crippen LogP contribution in [0.3, 0.4) is 0 Å². The highest BCUT2D eigenvalue weighted by Crippen LogP contribution is 2.36. The minimum Gasteiger partial charge on any atom is -0.375 e. The van der Waals surface area contributed by atoms with Crippen molar-refractivity contribution in [2.24, 2.45) is 0 Å². The van der Waals surface area contributed by atoms with Gasteiger partial charge >= 0.3 is 0 Å². The molecule has 1 spiro atoms. The lowest BCUT2D eigenvalue weighted by atomic mass is 9.82. The first-order valence-electron chi connectivity index (χ1n) is 9.38. The van der Waals surface area contributed by atoms with E-state index in [0.717, 1.165) is 57.7 Å². The van der Waals surface area contributed by atoms with E-state index in [4.69, 9.17) is 4.74 Å². The second-order valence-corrected chi connectivity index (χ2v) is 7.35. The number of nitrogens with zero attached hydrogens (tertiary/aromatic N) is 5. The lowest BCUT2D eigenvalue weighted by molar-refractivity contribution is -0.115. The van der Waals surface area contributed by atoms with Gasteiger partial charge in [-0.3, -0.25) is 4.90 Å². The molecule has 26 heavy (non-hydrogen) atoms. The van der Waals surface area contributed by atoms with Crippen LogP contribution in [0.1, 0.15) is 37.1 Å². The lowest BCUT2D eigenvalue weighted by Gasteiger charge is -2.46. The molecule has 2 aliphatic heterocycles. The highest BCUT2D eigenvalue weighted by atomic mass is 16.5. The summed E-state index contributed by atoms with van der Waals surface area (Å²) < 4.78 is 6.26. The molecule has 1 unspecified atom stereocenters. The van der Waals surface area contributed by atoms with Gasteiger partial charge in [-0.1, -0.05) is 0 Å². The van der Waals surface area contributed by atoms with Gasteiger partial charge in [-0.15, -0.1) is 0 Å². The molecule has 0 bridgehead atoms. The van der Waals surface area contributed by atoms with Crippen molar-refractivity contribution in [3.63, 3.8) is 0 Å². The van der Waals surface area contributed by atoms with E-state index in [0.29, 0.717) is 12.0 Å². The van der Waals surface area contributed by atoms with E-state index in [1.54, 1.807) is 12.4 Å². The zero-order valence-electron chi connectivity index (χ0n) is 15.3. The molecule has 1 N–H and O–H groups in total. The number of hydrogen-bond acceptors (Lipinski definition) is 7. The van der Waals surface area contributed by atoms with Crippen molar-refractivity contribution in [2.75, 3.05) is 25.0 Å². The van der Waals surface area contributed by atoms with Crippen LogP contribution in [-0.4, -0.2) is 56.2 Å². The molecule has 0 aromatic carbocycles. The molecular weight excluding hydrogens is 328 g/mol. The Morgan fingerprint density at radius 2 is 1.88 bits per heavy atom. The van der Waals surface area contributed by atoms with Gasteiger partial charge in [-0.05, 0) is 38.7 Å². The fourth-order valence-corrected chi connectivity index (χ4v) is 3.93. The molecule has 2 aromatic rings. The summed E-state index contributed by atoms with van der Waals surface area (Å²) in [5, 5.41) is 3.48. The Bertz CT molecular complexity index is 700. The molecule has 0 radical (unpaired) electrons. The van der Waals surface area contributed by atoms with Crippen molar-refractivity contribution < 1.29 is 4.74 Å². The van der Waals surface area contributed by atoms with Gasteiger partial charge in [0, 0.05) is 62.6 Å². The average Bonchev–Trinajstić information content (AvgIpc) is 2.67. The molecule has 2 aliphatic rings. The van der Waals surface area contributed by atoms with E-state index >= 15 is 0 Å². The van der Waals surface area contributed by atoms with Crippen molar-refractivity contribution in [3.05, 3.63) is 42.2 Å². The van der Waals surface area contributed by atoms with Gasteiger partial charge in [0.2, 0.25) is 5.95 Å². The third-order valence-electron chi connectivity index (χ3n) is 5.40. The third-order valence-corrected chi connectivity index (χ3v) is 5.40. The third kappa shape index (κ3) is 4.16. The van der Waals surface area contributed by atoms with Gasteiger partial charge in [-0.25, -0.2) is 19.9 Å². The van der Waals surface area contributed by atoms with Gasteiger partial charge in [0.15, 0.2) is 0 Å². The number of nitrogens with one attached hydrogen (secondary N) is 1. The molecule has 1 atom stereocenters. The largest absolute Gasteiger partial charge is 0.375 e. The molecule has 138 valence electrons. The number of aryl methyl sites for hydroxylation is 1. The Balaban J connectivity index is 1.31. The number of hydrogen-bond donors (Lipinski definition) is 1. The Morgan fingerprint density at radius 3 is 2.62 bits per heavy atom. The summed E-state index contributed by atoms with van der Waals surface area (Å²) in [6, 6.07) is 2.22. The second kappa shape index (κ2) is 7.63. The minimum absolute atomic E-state index is 0.00896. The van der Waals surface area contributed by atoms with Crippen LogP contribution in [-0.2, 0) is 11.3 Å². The summed E-state index contributed by atoms with van der Waals surface area (Å²) in [7, 11) is 0. The summed E-state index contributed by atoms with van der Waals surface area (Å²) >= 11 is 0. The average molecular weight is 354 g/mol. The van der Waals surface area contributed by atoms with Crippen LogP contribution in [0.15, 0.2) is 30.9 Å². The second-order valence-electron chi connectivity index (χ2n) is 7.35. The monoisotopic (exact) mass is 354 g/mol. The highest BCUT2D eigenvalue weighted by Gasteiger charge is 2.40. The van der Waals surface area contributed by atoms with Gasteiger partial charge in [0.25, 0.3) is 0 Å². The number of ether oxygens (including phenoxy) is 1. The standard InChI is InChI=1S/C19H26N6O/c1-15-22-12-16(13-23-15)14-25-8-4-19(5-9-25)11-17(3-10-26-19)24-18-20-6-2-7-21-18/h2,6-7,12-13,17H,3-5,8-11,14H2,1H3,(H,20,21,24). The van der Waals surface area contributed by atoms with Crippen LogP contribution in [0, 0.1) is 6.92 Å². The lowest BCUT2D eigenvalue weighted by Crippen LogP contribution is -2.51. The first kappa shape index (κ1) is 17.3. The van der Waals surface area contributed by atoms with Crippen LogP contribution in [0.25, 0.3) is 0 Å². The summed E-state index contributed by atoms with van der Waals surface area (Å²) in [6.07, 6.45) is 11.6. The molecule has 7 heteroatoms. The Morgan fingerprint density at radius 1 is 1.15 bits per heavy atom. The number of aromatic nitrogens is 4. The Hall–Kier alpha value is -2.12. The number of anilines is 1. The molecule has 4 rings (SSSR count). The van der Waals surface area contributed by atoms with Gasteiger partial charge in [0.05, 0.1) is 5.60 Å². The summed E-state index contributed by atoms with van der Waals surface area (Å²) in [6.45, 7) is 5.72. The Kier molecular flexibility index (Phi) is 5.08. The Labute approximate surface area is 154 Å². The molecule has 7 nitrogen and oxygen atoms in total. The maximum Gasteiger partial charge on any atom is 0.222 e. The van der Waals surface area contributed by atoms with Crippen LogP contribution in [0.5, 0.6) is 0 Å². The van der Waals surface area contributed by atoms with Gasteiger partial charge in [0.1, 0.15) is 5.82 Å². The number of piperidine rings is 1. The fraction of sp³-hybridized carbons (Fsp3) is 0.579. The van der Waals surface area contributed by atoms with Crippen molar-refractivity contribution in [3.8, 4) is 0 Å². The van der Waals surface area contributed by atoms with Crippen LogP contribution >= 0.6 is 0 Å². The van der Waals surface area contributed by atoms with Gasteiger partial charge in [-0.2, -0.15) is 0 Å². The van der Waals surface area contributed by atoms with E-state index in [1.807, 2.05) is 25.4 Å². The van der Waals surface area contributed by atoms with Crippen molar-refractivity contribution in [1.82, 2.24) is 24.8 Å². The van der Waals surface area contributed by atoms with E-state index in [-0.39, 0.29) is 5.60 Å². The van der Waals surface area contributed by atoms with Crippen molar-refractivity contribution in [1.29, 1.82) is 0 Å². The maximum absolute atomic E-state index is 6.26. The molecule has 4 heterocycles. The number of likely N-dealkylation sites (tertiary alicyclic amines) is 1. The predicted octanol–water partition coefficient (Wildman–Crippen LogP) is 2.20. The van der Waals surface area contributed by atoms with Crippen LogP contribution in [0.2, 0.25) is 0 Å². The normalized spacial score (nSPS) is 23.0. The van der Waals surface area contributed by atoms with E-state index in [2.05, 4.69) is 30.2 Å². The van der Waals surface area contributed by atoms with E-state index < -0.39 is 0 Å². The first-order chi connectivity index (χ1) is 12.7. The van der Waals surface area contributed by atoms with Crippen molar-refractivity contribution >= 4 is 5.95 Å². The highest BCUT2D eigenvalue weighted by molar-refractivity contribution is 5.25. The molecular formula is C19H26N6O. The summed E-state index contributed by atoms with van der Waals surface area (Å²) in [5.41, 5.74) is 1.17. The zero-order valence-corrected chi connectivity index (χ0v) is 15.3. The zero-order chi connectivity index (χ0) is 17.8. The summed E-state index contributed by atoms with van der Waals surface area (Å²) in [5.74, 6) is 1.54. The van der Waals surface area contributed by atoms with Gasteiger partial charge < -0.3 is 10.1 Å². The smallest absolute Gasteiger partial charge is 0.222 e. The molecule has 0 aliphatic carbocycles. The SMILES string of the molecule is Cc1ncc(CN2CCC3(CC2)CC(Nc2ncccn2)CCO3)cn1. The van der Waals surface area contributed by atoms with E-state index in [1.165, 1.54) is 5.56 Å². The molecule has 0 amide bonds. The maximum atomic E-state index is 6.26. The van der Waals surface area contributed by atoms with E-state index in [9.17, 15) is 0 Å². The van der Waals surface area contributed by atoms with Crippen LogP contribution < -0.4 is 5.32 Å². The molecule has 2 saturated heterocycles. The predicted molar refractivity (Wildman–Crippen MR) is 98.6 cm³/mol. The fourth-order valence-electron chi connectivity index (χ4n) is 3.93. The van der Waals surface area contributed by atoms with Crippen LogP contribution in [0.4, 0.5) is 5.95 Å². The summed E-state index contributed by atoms with van der Waals surface area (Å²) in [4.78, 5) is 19.6. The first-order valence-corrected chi connectivity index (χ1v) is 9.38. The minimum atomic E-state index is -0.00896. The molecule has 0 saturated carbocycles.